The molecule has 0 amide bonds. The molecule has 3 rings (SSSR count). The summed E-state index contributed by atoms with van der Waals surface area (Å²) in [5.74, 6) is -0.561. The molecule has 0 bridgehead atoms. The van der Waals surface area contributed by atoms with Gasteiger partial charge in [-0.1, -0.05) is 35.9 Å². The molecule has 2 atom stereocenters. The van der Waals surface area contributed by atoms with Crippen LogP contribution in [-0.4, -0.2) is 11.6 Å². The molecule has 1 aliphatic rings. The number of esters is 1. The van der Waals surface area contributed by atoms with Crippen LogP contribution < -0.4 is 0 Å². The molecule has 0 saturated heterocycles. The van der Waals surface area contributed by atoms with Crippen molar-refractivity contribution in [2.75, 3.05) is 0 Å². The Morgan fingerprint density at radius 1 is 1.12 bits per heavy atom. The fraction of sp³-hybridized carbons (Fsp3) is 0.350. The molecule has 2 nitrogen and oxygen atoms in total. The van der Waals surface area contributed by atoms with Gasteiger partial charge in [-0.05, 0) is 62.6 Å². The van der Waals surface area contributed by atoms with Crippen molar-refractivity contribution in [3.05, 3.63) is 70.2 Å². The lowest BCUT2D eigenvalue weighted by Gasteiger charge is -2.19. The maximum atomic E-state index is 15.1. The van der Waals surface area contributed by atoms with Crippen molar-refractivity contribution in [1.82, 2.24) is 0 Å². The van der Waals surface area contributed by atoms with E-state index < -0.39 is 17.2 Å². The first-order valence-corrected chi connectivity index (χ1v) is 8.35. The molecule has 0 aromatic heterocycles. The fourth-order valence-corrected chi connectivity index (χ4v) is 2.98. The third kappa shape index (κ3) is 3.46. The van der Waals surface area contributed by atoms with Gasteiger partial charge in [0.15, 0.2) is 0 Å². The number of ether oxygens (including phenoxy) is 1. The zero-order chi connectivity index (χ0) is 17.5. The van der Waals surface area contributed by atoms with Gasteiger partial charge in [0.2, 0.25) is 0 Å². The summed E-state index contributed by atoms with van der Waals surface area (Å²) in [6.07, 6.45) is 0.445. The molecular weight excluding hydrogens is 327 g/mol. The lowest BCUT2D eigenvalue weighted by molar-refractivity contribution is 0.00694. The van der Waals surface area contributed by atoms with Gasteiger partial charge in [-0.3, -0.25) is 0 Å². The van der Waals surface area contributed by atoms with Crippen molar-refractivity contribution in [2.45, 2.75) is 44.4 Å². The number of halogens is 2. The van der Waals surface area contributed by atoms with E-state index >= 15 is 4.39 Å². The third-order valence-electron chi connectivity index (χ3n) is 4.17. The van der Waals surface area contributed by atoms with Crippen LogP contribution in [0.5, 0.6) is 0 Å². The first kappa shape index (κ1) is 17.0. The van der Waals surface area contributed by atoms with Gasteiger partial charge in [0, 0.05) is 10.9 Å². The zero-order valence-electron chi connectivity index (χ0n) is 14.0. The SMILES string of the molecule is CC(C)(C)OC(=O)c1ccc(C2(F)CC2c2ccc(Cl)cc2)cc1. The maximum absolute atomic E-state index is 15.1. The molecule has 24 heavy (non-hydrogen) atoms. The monoisotopic (exact) mass is 346 g/mol. The van der Waals surface area contributed by atoms with E-state index in [9.17, 15) is 4.79 Å². The molecule has 1 fully saturated rings. The first-order chi connectivity index (χ1) is 11.2. The Labute approximate surface area is 146 Å². The van der Waals surface area contributed by atoms with Gasteiger partial charge in [-0.2, -0.15) is 0 Å². The van der Waals surface area contributed by atoms with Crippen LogP contribution in [0.3, 0.4) is 0 Å². The second-order valence-corrected chi connectivity index (χ2v) is 7.69. The summed E-state index contributed by atoms with van der Waals surface area (Å²) in [5.41, 5.74) is 0.0434. The summed E-state index contributed by atoms with van der Waals surface area (Å²) < 4.78 is 20.5. The van der Waals surface area contributed by atoms with Gasteiger partial charge < -0.3 is 4.74 Å². The fourth-order valence-electron chi connectivity index (χ4n) is 2.85. The van der Waals surface area contributed by atoms with Crippen LogP contribution >= 0.6 is 11.6 Å². The third-order valence-corrected chi connectivity index (χ3v) is 4.42. The summed E-state index contributed by atoms with van der Waals surface area (Å²) in [7, 11) is 0. The Balaban J connectivity index is 1.74. The molecule has 0 spiro atoms. The van der Waals surface area contributed by atoms with E-state index in [2.05, 4.69) is 0 Å². The summed E-state index contributed by atoms with van der Waals surface area (Å²) in [5, 5.41) is 0.644. The number of carbonyl (C=O) groups excluding carboxylic acids is 1. The van der Waals surface area contributed by atoms with Crippen LogP contribution in [0.1, 0.15) is 54.6 Å². The van der Waals surface area contributed by atoms with Crippen molar-refractivity contribution in [3.8, 4) is 0 Å². The van der Waals surface area contributed by atoms with Crippen LogP contribution in [0.4, 0.5) is 4.39 Å². The van der Waals surface area contributed by atoms with Crippen molar-refractivity contribution in [3.63, 3.8) is 0 Å². The highest BCUT2D eigenvalue weighted by Gasteiger charge is 2.57. The number of hydrogen-bond donors (Lipinski definition) is 0. The van der Waals surface area contributed by atoms with E-state index in [1.54, 1.807) is 36.4 Å². The van der Waals surface area contributed by atoms with Crippen molar-refractivity contribution < 1.29 is 13.9 Å². The van der Waals surface area contributed by atoms with Crippen LogP contribution in [-0.2, 0) is 10.4 Å². The molecule has 2 unspecified atom stereocenters. The van der Waals surface area contributed by atoms with Gasteiger partial charge in [-0.25, -0.2) is 9.18 Å². The number of benzene rings is 2. The predicted molar refractivity (Wildman–Crippen MR) is 93.2 cm³/mol. The largest absolute Gasteiger partial charge is 0.456 e. The molecule has 0 heterocycles. The maximum Gasteiger partial charge on any atom is 0.338 e. The van der Waals surface area contributed by atoms with E-state index in [1.165, 1.54) is 0 Å². The first-order valence-electron chi connectivity index (χ1n) is 7.97. The molecule has 0 radical (unpaired) electrons. The highest BCUT2D eigenvalue weighted by Crippen LogP contribution is 2.61. The molecule has 126 valence electrons. The Morgan fingerprint density at radius 3 is 2.25 bits per heavy atom. The topological polar surface area (TPSA) is 26.3 Å². The highest BCUT2D eigenvalue weighted by molar-refractivity contribution is 6.30. The van der Waals surface area contributed by atoms with E-state index in [4.69, 9.17) is 16.3 Å². The molecule has 2 aromatic carbocycles. The Morgan fingerprint density at radius 2 is 1.71 bits per heavy atom. The molecule has 0 N–H and O–H groups in total. The van der Waals surface area contributed by atoms with Gasteiger partial charge in [0.25, 0.3) is 0 Å². The Hall–Kier alpha value is -1.87. The zero-order valence-corrected chi connectivity index (χ0v) is 14.7. The minimum atomic E-state index is -1.37. The van der Waals surface area contributed by atoms with Crippen molar-refractivity contribution in [2.24, 2.45) is 0 Å². The molecule has 2 aromatic rings. The number of alkyl halides is 1. The van der Waals surface area contributed by atoms with Gasteiger partial charge >= 0.3 is 5.97 Å². The Bertz CT molecular complexity index is 747. The molecule has 1 aliphatic carbocycles. The smallest absolute Gasteiger partial charge is 0.338 e. The molecule has 1 saturated carbocycles. The minimum Gasteiger partial charge on any atom is -0.456 e. The number of rotatable bonds is 3. The molecule has 0 aliphatic heterocycles. The summed E-state index contributed by atoms with van der Waals surface area (Å²) >= 11 is 5.88. The van der Waals surface area contributed by atoms with E-state index in [-0.39, 0.29) is 5.92 Å². The van der Waals surface area contributed by atoms with Gasteiger partial charge in [0.1, 0.15) is 11.3 Å². The van der Waals surface area contributed by atoms with Gasteiger partial charge in [0.05, 0.1) is 5.56 Å². The minimum absolute atomic E-state index is 0.165. The van der Waals surface area contributed by atoms with E-state index in [0.717, 1.165) is 5.56 Å². The summed E-state index contributed by atoms with van der Waals surface area (Å²) in [4.78, 5) is 12.0. The van der Waals surface area contributed by atoms with Gasteiger partial charge in [-0.15, -0.1) is 0 Å². The van der Waals surface area contributed by atoms with Crippen molar-refractivity contribution in [1.29, 1.82) is 0 Å². The second-order valence-electron chi connectivity index (χ2n) is 7.25. The van der Waals surface area contributed by atoms with Crippen LogP contribution in [0.25, 0.3) is 0 Å². The lowest BCUT2D eigenvalue weighted by Crippen LogP contribution is -2.23. The number of carbonyl (C=O) groups is 1. The van der Waals surface area contributed by atoms with E-state index in [0.29, 0.717) is 22.6 Å². The quantitative estimate of drug-likeness (QED) is 0.671. The molecular formula is C20H20ClFO2. The second kappa shape index (κ2) is 5.89. The van der Waals surface area contributed by atoms with Crippen LogP contribution in [0.15, 0.2) is 48.5 Å². The Kier molecular flexibility index (Phi) is 4.16. The average molecular weight is 347 g/mol. The van der Waals surface area contributed by atoms with Crippen LogP contribution in [0, 0.1) is 0 Å². The predicted octanol–water partition coefficient (Wildman–Crippen LogP) is 5.65. The normalized spacial score (nSPS) is 23.0. The van der Waals surface area contributed by atoms with E-state index in [1.807, 2.05) is 32.9 Å². The van der Waals surface area contributed by atoms with Crippen LogP contribution in [0.2, 0.25) is 5.02 Å². The lowest BCUT2D eigenvalue weighted by atomic mass is 10.0. The average Bonchev–Trinajstić information content (AvgIpc) is 3.20. The highest BCUT2D eigenvalue weighted by atomic mass is 35.5. The molecule has 4 heteroatoms. The summed E-state index contributed by atoms with van der Waals surface area (Å²) in [6, 6.07) is 13.9. The summed E-state index contributed by atoms with van der Waals surface area (Å²) in [6.45, 7) is 5.45. The van der Waals surface area contributed by atoms with Crippen molar-refractivity contribution >= 4 is 17.6 Å². The standard InChI is InChI=1S/C20H20ClFO2/c1-19(2,3)24-18(23)14-4-8-15(9-5-14)20(22)12-17(20)13-6-10-16(21)11-7-13/h4-11,17H,12H2,1-3H3. The number of hydrogen-bond acceptors (Lipinski definition) is 2.